The van der Waals surface area contributed by atoms with Crippen molar-refractivity contribution >= 4 is 25.8 Å². The lowest BCUT2D eigenvalue weighted by Crippen LogP contribution is -2.41. The van der Waals surface area contributed by atoms with Crippen LogP contribution in [0.25, 0.3) is 6.08 Å². The van der Waals surface area contributed by atoms with Gasteiger partial charge in [-0.1, -0.05) is 30.3 Å². The SMILES string of the molecule is CC1(C)OB(C(=Cc2ccc(CCO)cc2)CS)OC1(C)C. The summed E-state index contributed by atoms with van der Waals surface area (Å²) in [5, 5.41) is 8.96. The van der Waals surface area contributed by atoms with Crippen LogP contribution < -0.4 is 0 Å². The smallest absolute Gasteiger partial charge is 0.400 e. The van der Waals surface area contributed by atoms with Crippen molar-refractivity contribution in [1.82, 2.24) is 0 Å². The number of hydrogen-bond acceptors (Lipinski definition) is 4. The zero-order valence-electron chi connectivity index (χ0n) is 13.8. The van der Waals surface area contributed by atoms with Gasteiger partial charge in [0.15, 0.2) is 0 Å². The van der Waals surface area contributed by atoms with Gasteiger partial charge in [-0.15, -0.1) is 0 Å². The summed E-state index contributed by atoms with van der Waals surface area (Å²) in [4.78, 5) is 0. The number of benzene rings is 1. The highest BCUT2D eigenvalue weighted by Gasteiger charge is 2.52. The molecule has 0 unspecified atom stereocenters. The molecule has 2 rings (SSSR count). The third kappa shape index (κ3) is 3.77. The predicted octanol–water partition coefficient (Wildman–Crippen LogP) is 3.17. The highest BCUT2D eigenvalue weighted by molar-refractivity contribution is 7.80. The molecule has 1 aliphatic rings. The zero-order valence-corrected chi connectivity index (χ0v) is 14.7. The normalized spacial score (nSPS) is 20.5. The van der Waals surface area contributed by atoms with E-state index in [2.05, 4.69) is 18.7 Å². The van der Waals surface area contributed by atoms with Crippen molar-refractivity contribution in [3.8, 4) is 0 Å². The first-order valence-electron chi connectivity index (χ1n) is 7.66. The van der Waals surface area contributed by atoms with E-state index in [1.165, 1.54) is 0 Å². The van der Waals surface area contributed by atoms with Crippen LogP contribution in [0.1, 0.15) is 38.8 Å². The van der Waals surface area contributed by atoms with E-state index in [4.69, 9.17) is 14.4 Å². The van der Waals surface area contributed by atoms with Crippen molar-refractivity contribution in [1.29, 1.82) is 0 Å². The van der Waals surface area contributed by atoms with Crippen LogP contribution in [0.5, 0.6) is 0 Å². The Morgan fingerprint density at radius 2 is 1.68 bits per heavy atom. The van der Waals surface area contributed by atoms with Gasteiger partial charge in [-0.2, -0.15) is 12.6 Å². The molecule has 1 aliphatic heterocycles. The Morgan fingerprint density at radius 1 is 1.14 bits per heavy atom. The van der Waals surface area contributed by atoms with E-state index in [0.717, 1.165) is 16.6 Å². The van der Waals surface area contributed by atoms with Crippen LogP contribution in [0.15, 0.2) is 29.7 Å². The second kappa shape index (κ2) is 6.79. The fourth-order valence-electron chi connectivity index (χ4n) is 2.31. The Bertz CT molecular complexity index is 521. The fourth-order valence-corrected chi connectivity index (χ4v) is 2.55. The minimum Gasteiger partial charge on any atom is -0.400 e. The van der Waals surface area contributed by atoms with Crippen LogP contribution in [-0.2, 0) is 15.7 Å². The average Bonchev–Trinajstić information content (AvgIpc) is 2.67. The van der Waals surface area contributed by atoms with Crippen LogP contribution in [0, 0.1) is 0 Å². The molecule has 1 saturated heterocycles. The molecule has 1 aromatic rings. The van der Waals surface area contributed by atoms with E-state index in [-0.39, 0.29) is 24.9 Å². The number of thiol groups is 1. The van der Waals surface area contributed by atoms with Crippen molar-refractivity contribution in [2.45, 2.75) is 45.3 Å². The van der Waals surface area contributed by atoms with Crippen molar-refractivity contribution < 1.29 is 14.4 Å². The summed E-state index contributed by atoms with van der Waals surface area (Å²) < 4.78 is 12.2. The van der Waals surface area contributed by atoms with E-state index < -0.39 is 0 Å². The van der Waals surface area contributed by atoms with Crippen LogP contribution in [0.3, 0.4) is 0 Å². The van der Waals surface area contributed by atoms with E-state index in [0.29, 0.717) is 12.2 Å². The lowest BCUT2D eigenvalue weighted by Gasteiger charge is -2.32. The molecule has 0 radical (unpaired) electrons. The molecular formula is C17H25BO3S. The zero-order chi connectivity index (χ0) is 16.4. The molecule has 0 bridgehead atoms. The first-order chi connectivity index (χ1) is 10.3. The van der Waals surface area contributed by atoms with Gasteiger partial charge in [-0.25, -0.2) is 0 Å². The summed E-state index contributed by atoms with van der Waals surface area (Å²) in [6.07, 6.45) is 2.75. The molecule has 0 spiro atoms. The number of aliphatic hydroxyl groups excluding tert-OH is 1. The summed E-state index contributed by atoms with van der Waals surface area (Å²) in [7, 11) is -0.361. The molecule has 1 heterocycles. The predicted molar refractivity (Wildman–Crippen MR) is 95.1 cm³/mol. The van der Waals surface area contributed by atoms with E-state index in [1.807, 2.05) is 52.0 Å². The molecule has 0 aromatic heterocycles. The first-order valence-corrected chi connectivity index (χ1v) is 8.29. The Morgan fingerprint density at radius 3 is 2.14 bits per heavy atom. The highest BCUT2D eigenvalue weighted by Crippen LogP contribution is 2.39. The quantitative estimate of drug-likeness (QED) is 0.646. The largest absolute Gasteiger partial charge is 0.491 e. The molecule has 3 nitrogen and oxygen atoms in total. The van der Waals surface area contributed by atoms with Gasteiger partial charge in [-0.05, 0) is 50.7 Å². The average molecular weight is 320 g/mol. The number of aliphatic hydroxyl groups is 1. The Labute approximate surface area is 139 Å². The highest BCUT2D eigenvalue weighted by atomic mass is 32.1. The third-order valence-electron chi connectivity index (χ3n) is 4.47. The maximum absolute atomic E-state index is 8.96. The molecule has 1 N–H and O–H groups in total. The monoisotopic (exact) mass is 320 g/mol. The molecule has 0 aliphatic carbocycles. The lowest BCUT2D eigenvalue weighted by molar-refractivity contribution is 0.00578. The van der Waals surface area contributed by atoms with Gasteiger partial charge in [0, 0.05) is 12.4 Å². The first kappa shape index (κ1) is 17.6. The molecule has 5 heteroatoms. The van der Waals surface area contributed by atoms with Crippen LogP contribution in [-0.4, -0.2) is 35.8 Å². The maximum Gasteiger partial charge on any atom is 0.491 e. The summed E-state index contributed by atoms with van der Waals surface area (Å²) in [6, 6.07) is 8.14. The molecule has 0 saturated carbocycles. The Kier molecular flexibility index (Phi) is 5.43. The van der Waals surface area contributed by atoms with Crippen LogP contribution in [0.2, 0.25) is 0 Å². The second-order valence-electron chi connectivity index (χ2n) is 6.68. The van der Waals surface area contributed by atoms with Gasteiger partial charge in [0.25, 0.3) is 0 Å². The molecule has 1 aromatic carbocycles. The van der Waals surface area contributed by atoms with Gasteiger partial charge in [0.2, 0.25) is 0 Å². The van der Waals surface area contributed by atoms with Gasteiger partial charge in [-0.3, -0.25) is 0 Å². The molecule has 22 heavy (non-hydrogen) atoms. The van der Waals surface area contributed by atoms with E-state index in [9.17, 15) is 0 Å². The molecule has 120 valence electrons. The van der Waals surface area contributed by atoms with Crippen molar-refractivity contribution in [3.63, 3.8) is 0 Å². The van der Waals surface area contributed by atoms with Crippen LogP contribution >= 0.6 is 12.6 Å². The topological polar surface area (TPSA) is 38.7 Å². The standard InChI is InChI=1S/C17H25BO3S/c1-16(2)17(3,4)21-18(20-16)15(12-22)11-14-7-5-13(6-8-14)9-10-19/h5-8,11,19,22H,9-10,12H2,1-4H3. The fraction of sp³-hybridized carbons (Fsp3) is 0.529. The summed E-state index contributed by atoms with van der Waals surface area (Å²) in [6.45, 7) is 8.37. The number of hydrogen-bond donors (Lipinski definition) is 2. The van der Waals surface area contributed by atoms with E-state index >= 15 is 0 Å². The van der Waals surface area contributed by atoms with Crippen LogP contribution in [0.4, 0.5) is 0 Å². The van der Waals surface area contributed by atoms with Crippen molar-refractivity contribution in [2.24, 2.45) is 0 Å². The van der Waals surface area contributed by atoms with Crippen molar-refractivity contribution in [3.05, 3.63) is 40.9 Å². The lowest BCUT2D eigenvalue weighted by atomic mass is 9.78. The maximum atomic E-state index is 8.96. The van der Waals surface area contributed by atoms with Gasteiger partial charge < -0.3 is 14.4 Å². The minimum absolute atomic E-state index is 0.172. The summed E-state index contributed by atoms with van der Waals surface area (Å²) >= 11 is 4.43. The third-order valence-corrected chi connectivity index (χ3v) is 4.84. The molecule has 0 atom stereocenters. The Hall–Kier alpha value is -0.745. The summed E-state index contributed by atoms with van der Waals surface area (Å²) in [5.74, 6) is 0.579. The molecular weight excluding hydrogens is 295 g/mol. The van der Waals surface area contributed by atoms with Gasteiger partial charge in [0.1, 0.15) is 0 Å². The summed E-state index contributed by atoms with van der Waals surface area (Å²) in [5.41, 5.74) is 2.54. The molecule has 1 fully saturated rings. The van der Waals surface area contributed by atoms with Gasteiger partial charge >= 0.3 is 7.12 Å². The number of rotatable bonds is 5. The van der Waals surface area contributed by atoms with Gasteiger partial charge in [0.05, 0.1) is 11.2 Å². The second-order valence-corrected chi connectivity index (χ2v) is 7.00. The molecule has 0 amide bonds. The van der Waals surface area contributed by atoms with Crippen molar-refractivity contribution in [2.75, 3.05) is 12.4 Å². The van der Waals surface area contributed by atoms with E-state index in [1.54, 1.807) is 0 Å². The Balaban J connectivity index is 2.18. The minimum atomic E-state index is -0.361.